The highest BCUT2D eigenvalue weighted by molar-refractivity contribution is 5.69. The van der Waals surface area contributed by atoms with Gasteiger partial charge in [0.1, 0.15) is 24.2 Å². The number of ether oxygens (including phenoxy) is 1. The highest BCUT2D eigenvalue weighted by Gasteiger charge is 2.36. The number of imidazole rings is 1. The maximum Gasteiger partial charge on any atom is 0.329 e. The molecule has 3 N–H and O–H groups in total. The Kier molecular flexibility index (Phi) is 2.62. The summed E-state index contributed by atoms with van der Waals surface area (Å²) in [5, 5.41) is 18.7. The van der Waals surface area contributed by atoms with Gasteiger partial charge in [-0.25, -0.2) is 14.8 Å². The van der Waals surface area contributed by atoms with Gasteiger partial charge in [-0.05, 0) is 0 Å². The van der Waals surface area contributed by atoms with Crippen LogP contribution in [-0.4, -0.2) is 48.5 Å². The van der Waals surface area contributed by atoms with Crippen LogP contribution >= 0.6 is 0 Å². The van der Waals surface area contributed by atoms with Gasteiger partial charge in [0.05, 0.1) is 18.9 Å². The topological polar surface area (TPSA) is 113 Å². The first kappa shape index (κ1) is 11.3. The minimum atomic E-state index is -0.790. The molecule has 2 aromatic rings. The van der Waals surface area contributed by atoms with E-state index in [-0.39, 0.29) is 18.7 Å². The molecule has 0 aliphatic carbocycles. The standard InChI is InChI=1S/C10H12N4O4/c15-3-7-6(16)1-8(18-7)14-5-2-11-4-12-9(5)13-10(14)17/h2,4,6-8,15-16H,1,3H2,(H,11,12,13,17)/t6?,7-,8-/m1/s1. The van der Waals surface area contributed by atoms with Crippen LogP contribution in [0, 0.1) is 0 Å². The van der Waals surface area contributed by atoms with Crippen molar-refractivity contribution in [2.24, 2.45) is 0 Å². The lowest BCUT2D eigenvalue weighted by Crippen LogP contribution is -2.25. The number of nitrogens with one attached hydrogen (secondary N) is 1. The molecule has 1 aliphatic rings. The summed E-state index contributed by atoms with van der Waals surface area (Å²) in [6.45, 7) is -0.286. The van der Waals surface area contributed by atoms with Crippen LogP contribution in [0.4, 0.5) is 0 Å². The predicted octanol–water partition coefficient (Wildman–Crippen LogP) is -1.24. The summed E-state index contributed by atoms with van der Waals surface area (Å²) in [6, 6.07) is 0. The quantitative estimate of drug-likeness (QED) is 0.616. The van der Waals surface area contributed by atoms with E-state index < -0.39 is 18.4 Å². The molecule has 1 fully saturated rings. The van der Waals surface area contributed by atoms with E-state index in [0.29, 0.717) is 11.2 Å². The van der Waals surface area contributed by atoms with Gasteiger partial charge in [0, 0.05) is 6.42 Å². The molecule has 3 heterocycles. The van der Waals surface area contributed by atoms with Crippen LogP contribution in [0.3, 0.4) is 0 Å². The monoisotopic (exact) mass is 252 g/mol. The highest BCUT2D eigenvalue weighted by atomic mass is 16.5. The number of aliphatic hydroxyl groups excluding tert-OH is 2. The number of rotatable bonds is 2. The Morgan fingerprint density at radius 1 is 1.61 bits per heavy atom. The molecular weight excluding hydrogens is 240 g/mol. The fraction of sp³-hybridized carbons (Fsp3) is 0.500. The number of aromatic nitrogens is 4. The van der Waals surface area contributed by atoms with Gasteiger partial charge in [0.2, 0.25) is 0 Å². The van der Waals surface area contributed by atoms with Crippen molar-refractivity contribution in [3.8, 4) is 0 Å². The Labute approximate surface area is 101 Å². The first-order chi connectivity index (χ1) is 8.70. The number of hydrogen-bond acceptors (Lipinski definition) is 6. The van der Waals surface area contributed by atoms with Crippen molar-refractivity contribution in [1.29, 1.82) is 0 Å². The zero-order valence-electron chi connectivity index (χ0n) is 9.35. The Morgan fingerprint density at radius 2 is 2.44 bits per heavy atom. The molecular formula is C10H12N4O4. The van der Waals surface area contributed by atoms with Crippen molar-refractivity contribution in [2.45, 2.75) is 24.9 Å². The molecule has 1 saturated heterocycles. The van der Waals surface area contributed by atoms with E-state index in [9.17, 15) is 9.90 Å². The van der Waals surface area contributed by atoms with Crippen LogP contribution in [0.2, 0.25) is 0 Å². The van der Waals surface area contributed by atoms with Gasteiger partial charge in [-0.1, -0.05) is 0 Å². The van der Waals surface area contributed by atoms with Crippen LogP contribution in [0.25, 0.3) is 11.2 Å². The van der Waals surface area contributed by atoms with Crippen LogP contribution < -0.4 is 5.69 Å². The van der Waals surface area contributed by atoms with E-state index in [0.717, 1.165) is 0 Å². The lowest BCUT2D eigenvalue weighted by atomic mass is 10.2. The summed E-state index contributed by atoms with van der Waals surface area (Å²) in [5.74, 6) is 0. The average molecular weight is 252 g/mol. The number of fused-ring (bicyclic) bond motifs is 1. The van der Waals surface area contributed by atoms with Gasteiger partial charge in [-0.15, -0.1) is 0 Å². The first-order valence-corrected chi connectivity index (χ1v) is 5.55. The summed E-state index contributed by atoms with van der Waals surface area (Å²) in [4.78, 5) is 22.2. The second kappa shape index (κ2) is 4.16. The van der Waals surface area contributed by atoms with Gasteiger partial charge in [-0.2, -0.15) is 0 Å². The van der Waals surface area contributed by atoms with Gasteiger partial charge < -0.3 is 14.9 Å². The van der Waals surface area contributed by atoms with Crippen molar-refractivity contribution < 1.29 is 14.9 Å². The Bertz CT molecular complexity index is 622. The molecule has 8 heteroatoms. The Morgan fingerprint density at radius 3 is 3.17 bits per heavy atom. The Hall–Kier alpha value is -1.77. The number of H-pyrrole nitrogens is 1. The van der Waals surface area contributed by atoms with Crippen LogP contribution in [-0.2, 0) is 4.74 Å². The van der Waals surface area contributed by atoms with Crippen molar-refractivity contribution in [3.63, 3.8) is 0 Å². The van der Waals surface area contributed by atoms with Crippen molar-refractivity contribution in [3.05, 3.63) is 23.0 Å². The molecule has 1 unspecified atom stereocenters. The molecule has 18 heavy (non-hydrogen) atoms. The maximum atomic E-state index is 11.8. The van der Waals surface area contributed by atoms with E-state index in [1.807, 2.05) is 0 Å². The predicted molar refractivity (Wildman–Crippen MR) is 59.8 cm³/mol. The van der Waals surface area contributed by atoms with Crippen LogP contribution in [0.5, 0.6) is 0 Å². The molecule has 2 aromatic heterocycles. The third-order valence-electron chi connectivity index (χ3n) is 3.07. The first-order valence-electron chi connectivity index (χ1n) is 5.55. The minimum Gasteiger partial charge on any atom is -0.394 e. The summed E-state index contributed by atoms with van der Waals surface area (Å²) in [6.07, 6.45) is 1.00. The number of hydrogen-bond donors (Lipinski definition) is 3. The van der Waals surface area contributed by atoms with Crippen LogP contribution in [0.1, 0.15) is 12.6 Å². The third-order valence-corrected chi connectivity index (χ3v) is 3.07. The van der Waals surface area contributed by atoms with E-state index in [1.165, 1.54) is 17.1 Å². The number of aliphatic hydroxyl groups is 2. The molecule has 8 nitrogen and oxygen atoms in total. The van der Waals surface area contributed by atoms with Gasteiger partial charge in [-0.3, -0.25) is 9.55 Å². The molecule has 1 aliphatic heterocycles. The fourth-order valence-electron chi connectivity index (χ4n) is 2.19. The van der Waals surface area contributed by atoms with E-state index >= 15 is 0 Å². The fourth-order valence-corrected chi connectivity index (χ4v) is 2.19. The largest absolute Gasteiger partial charge is 0.394 e. The van der Waals surface area contributed by atoms with Crippen molar-refractivity contribution in [2.75, 3.05) is 6.61 Å². The third kappa shape index (κ3) is 1.62. The highest BCUT2D eigenvalue weighted by Crippen LogP contribution is 2.29. The van der Waals surface area contributed by atoms with E-state index in [1.54, 1.807) is 0 Å². The van der Waals surface area contributed by atoms with E-state index in [2.05, 4.69) is 15.0 Å². The summed E-state index contributed by atoms with van der Waals surface area (Å²) in [5.41, 5.74) is 0.556. The summed E-state index contributed by atoms with van der Waals surface area (Å²) >= 11 is 0. The maximum absolute atomic E-state index is 11.8. The molecule has 0 aromatic carbocycles. The minimum absolute atomic E-state index is 0.243. The van der Waals surface area contributed by atoms with E-state index in [4.69, 9.17) is 9.84 Å². The molecule has 0 radical (unpaired) electrons. The molecule has 3 rings (SSSR count). The van der Waals surface area contributed by atoms with Gasteiger partial charge in [0.15, 0.2) is 5.65 Å². The van der Waals surface area contributed by atoms with Gasteiger partial charge in [0.25, 0.3) is 0 Å². The molecule has 96 valence electrons. The molecule has 0 bridgehead atoms. The Balaban J connectivity index is 2.05. The molecule has 0 amide bonds. The summed E-state index contributed by atoms with van der Waals surface area (Å²) < 4.78 is 6.80. The smallest absolute Gasteiger partial charge is 0.329 e. The van der Waals surface area contributed by atoms with Crippen LogP contribution in [0.15, 0.2) is 17.3 Å². The average Bonchev–Trinajstić information content (AvgIpc) is 2.88. The molecule has 0 saturated carbocycles. The second-order valence-corrected chi connectivity index (χ2v) is 4.17. The SMILES string of the molecule is O=c1[nH]c2ncncc2n1[C@H]1CC(O)[C@@H](CO)O1. The second-order valence-electron chi connectivity index (χ2n) is 4.17. The lowest BCUT2D eigenvalue weighted by molar-refractivity contribution is -0.0440. The van der Waals surface area contributed by atoms with Crippen molar-refractivity contribution >= 4 is 11.2 Å². The lowest BCUT2D eigenvalue weighted by Gasteiger charge is -2.12. The zero-order valence-corrected chi connectivity index (χ0v) is 9.35. The zero-order chi connectivity index (χ0) is 12.7. The number of aromatic amines is 1. The molecule has 3 atom stereocenters. The summed E-state index contributed by atoms with van der Waals surface area (Å²) in [7, 11) is 0. The van der Waals surface area contributed by atoms with Gasteiger partial charge >= 0.3 is 5.69 Å². The number of nitrogens with zero attached hydrogens (tertiary/aromatic N) is 3. The van der Waals surface area contributed by atoms with Crippen molar-refractivity contribution in [1.82, 2.24) is 19.5 Å². The molecule has 0 spiro atoms. The normalized spacial score (nSPS) is 28.0.